The van der Waals surface area contributed by atoms with Crippen molar-refractivity contribution in [3.63, 3.8) is 0 Å². The van der Waals surface area contributed by atoms with Crippen molar-refractivity contribution in [3.8, 4) is 5.82 Å². The molecule has 0 saturated carbocycles. The van der Waals surface area contributed by atoms with E-state index in [-0.39, 0.29) is 17.8 Å². The molecule has 0 fully saturated rings. The summed E-state index contributed by atoms with van der Waals surface area (Å²) in [7, 11) is 4.05. The quantitative estimate of drug-likeness (QED) is 0.235. The van der Waals surface area contributed by atoms with Crippen molar-refractivity contribution in [1.29, 1.82) is 0 Å². The van der Waals surface area contributed by atoms with Crippen molar-refractivity contribution in [2.75, 3.05) is 20.7 Å². The fourth-order valence-corrected chi connectivity index (χ4v) is 3.60. The normalized spacial score (nSPS) is 11.6. The first-order valence-corrected chi connectivity index (χ1v) is 10.5. The van der Waals surface area contributed by atoms with Gasteiger partial charge in [-0.1, -0.05) is 25.5 Å². The second-order valence-electron chi connectivity index (χ2n) is 7.58. The molecule has 4 aromatic rings. The Kier molecular flexibility index (Phi) is 6.15. The lowest BCUT2D eigenvalue weighted by Crippen LogP contribution is -2.14. The van der Waals surface area contributed by atoms with Crippen LogP contribution in [0.25, 0.3) is 27.9 Å². The molecule has 3 aromatic heterocycles. The summed E-state index contributed by atoms with van der Waals surface area (Å²) < 4.78 is 8.58. The Hall–Kier alpha value is -3.04. The van der Waals surface area contributed by atoms with Crippen molar-refractivity contribution in [3.05, 3.63) is 41.6 Å². The highest BCUT2D eigenvalue weighted by Gasteiger charge is 2.19. The number of imidazole rings is 1. The number of aromatic nitrogens is 6. The van der Waals surface area contributed by atoms with Crippen LogP contribution in [-0.4, -0.2) is 60.9 Å². The van der Waals surface area contributed by atoms with Crippen LogP contribution >= 0.6 is 11.6 Å². The highest BCUT2D eigenvalue weighted by Crippen LogP contribution is 2.26. The summed E-state index contributed by atoms with van der Waals surface area (Å²) >= 11 is 6.23. The van der Waals surface area contributed by atoms with Gasteiger partial charge in [-0.3, -0.25) is 4.79 Å². The summed E-state index contributed by atoms with van der Waals surface area (Å²) in [6.07, 6.45) is 5.15. The second-order valence-corrected chi connectivity index (χ2v) is 7.92. The molecule has 3 heterocycles. The highest BCUT2D eigenvalue weighted by atomic mass is 35.5. The number of nitrogens with zero attached hydrogens (tertiary/aromatic N) is 7. The van der Waals surface area contributed by atoms with Crippen molar-refractivity contribution in [1.82, 2.24) is 34.2 Å². The van der Waals surface area contributed by atoms with Crippen LogP contribution < -0.4 is 0 Å². The highest BCUT2D eigenvalue weighted by molar-refractivity contribution is 6.28. The Morgan fingerprint density at radius 3 is 2.87 bits per heavy atom. The first kappa shape index (κ1) is 21.2. The zero-order valence-electron chi connectivity index (χ0n) is 17.7. The Balaban J connectivity index is 1.74. The molecule has 0 radical (unpaired) electrons. The molecule has 0 atom stereocenters. The Labute approximate surface area is 184 Å². The molecule has 0 spiro atoms. The number of unbranched alkanes of at least 4 members (excludes halogenated alkanes) is 1. The molecule has 0 aliphatic carbocycles. The molecule has 0 saturated heterocycles. The van der Waals surface area contributed by atoms with Crippen LogP contribution in [0.5, 0.6) is 0 Å². The van der Waals surface area contributed by atoms with Gasteiger partial charge in [0.2, 0.25) is 5.28 Å². The van der Waals surface area contributed by atoms with Gasteiger partial charge in [-0.05, 0) is 43.7 Å². The van der Waals surface area contributed by atoms with E-state index in [0.29, 0.717) is 23.6 Å². The monoisotopic (exact) mass is 441 g/mol. The van der Waals surface area contributed by atoms with Crippen LogP contribution in [0.3, 0.4) is 0 Å². The maximum Gasteiger partial charge on any atom is 0.326 e. The molecule has 1 aromatic carbocycles. The summed E-state index contributed by atoms with van der Waals surface area (Å²) in [6, 6.07) is 6.05. The summed E-state index contributed by atoms with van der Waals surface area (Å²) in [5, 5.41) is 5.63. The number of hydrogen-bond donors (Lipinski definition) is 0. The molecule has 162 valence electrons. The van der Waals surface area contributed by atoms with Gasteiger partial charge in [0.25, 0.3) is 0 Å². The molecule has 0 unspecified atom stereocenters. The van der Waals surface area contributed by atoms with E-state index in [1.807, 2.05) is 39.3 Å². The lowest BCUT2D eigenvalue weighted by molar-refractivity contribution is -0.144. The molecule has 10 heteroatoms. The van der Waals surface area contributed by atoms with E-state index in [0.717, 1.165) is 35.9 Å². The van der Waals surface area contributed by atoms with Crippen molar-refractivity contribution in [2.24, 2.45) is 0 Å². The molecular weight excluding hydrogens is 418 g/mol. The fraction of sp³-hybridized carbons (Fsp3) is 0.381. The fourth-order valence-electron chi connectivity index (χ4n) is 3.44. The van der Waals surface area contributed by atoms with E-state index >= 15 is 0 Å². The summed E-state index contributed by atoms with van der Waals surface area (Å²) in [4.78, 5) is 27.4. The van der Waals surface area contributed by atoms with Crippen LogP contribution in [0, 0.1) is 0 Å². The van der Waals surface area contributed by atoms with Gasteiger partial charge in [-0.2, -0.15) is 15.1 Å². The summed E-state index contributed by atoms with van der Waals surface area (Å²) in [5.41, 5.74) is 3.01. The molecule has 4 rings (SSSR count). The zero-order valence-corrected chi connectivity index (χ0v) is 18.5. The topological polar surface area (TPSA) is 91.0 Å². The number of halogens is 1. The summed E-state index contributed by atoms with van der Waals surface area (Å²) in [5.74, 6) is 0.118. The van der Waals surface area contributed by atoms with Crippen LogP contribution in [0.15, 0.2) is 30.7 Å². The van der Waals surface area contributed by atoms with Crippen molar-refractivity contribution < 1.29 is 9.53 Å². The standard InChI is InChI=1S/C21H24ClN7O2/c1-4-5-9-31-17(30)12-28-13-23-18-19(28)25-21(22)26-20(18)29-16-8-6-7-14(11-27(2)3)15(16)10-24-29/h6-8,10,13H,4-5,9,11-12H2,1-3H3. The summed E-state index contributed by atoms with van der Waals surface area (Å²) in [6.45, 7) is 3.23. The minimum Gasteiger partial charge on any atom is -0.464 e. The van der Waals surface area contributed by atoms with Crippen LogP contribution in [0.1, 0.15) is 25.3 Å². The lowest BCUT2D eigenvalue weighted by atomic mass is 10.1. The maximum absolute atomic E-state index is 12.2. The SMILES string of the molecule is CCCCOC(=O)Cn1cnc2c(-n3ncc4c(CN(C)C)cccc43)nc(Cl)nc21. The molecular formula is C21H24ClN7O2. The Morgan fingerprint density at radius 2 is 2.10 bits per heavy atom. The number of esters is 1. The van der Waals surface area contributed by atoms with Crippen molar-refractivity contribution in [2.45, 2.75) is 32.9 Å². The van der Waals surface area contributed by atoms with E-state index in [4.69, 9.17) is 16.3 Å². The van der Waals surface area contributed by atoms with Gasteiger partial charge >= 0.3 is 5.97 Å². The maximum atomic E-state index is 12.2. The lowest BCUT2D eigenvalue weighted by Gasteiger charge is -2.11. The van der Waals surface area contributed by atoms with Gasteiger partial charge in [0.15, 0.2) is 17.0 Å². The molecule has 31 heavy (non-hydrogen) atoms. The van der Waals surface area contributed by atoms with Gasteiger partial charge in [0.1, 0.15) is 6.54 Å². The number of carbonyl (C=O) groups is 1. The largest absolute Gasteiger partial charge is 0.464 e. The Bertz CT molecular complexity index is 1230. The predicted molar refractivity (Wildman–Crippen MR) is 118 cm³/mol. The van der Waals surface area contributed by atoms with E-state index in [2.05, 4.69) is 31.0 Å². The van der Waals surface area contributed by atoms with Crippen LogP contribution in [-0.2, 0) is 22.6 Å². The average molecular weight is 442 g/mol. The molecule has 0 N–H and O–H groups in total. The number of benzene rings is 1. The first-order valence-electron chi connectivity index (χ1n) is 10.1. The third kappa shape index (κ3) is 4.38. The number of ether oxygens (including phenoxy) is 1. The number of fused-ring (bicyclic) bond motifs is 2. The minimum atomic E-state index is -0.345. The van der Waals surface area contributed by atoms with Crippen LogP contribution in [0.4, 0.5) is 0 Å². The predicted octanol–water partition coefficient (Wildman–Crippen LogP) is 3.22. The van der Waals surface area contributed by atoms with E-state index in [1.165, 1.54) is 0 Å². The smallest absolute Gasteiger partial charge is 0.326 e. The van der Waals surface area contributed by atoms with E-state index in [9.17, 15) is 4.79 Å². The second kappa shape index (κ2) is 8.99. The van der Waals surface area contributed by atoms with E-state index in [1.54, 1.807) is 15.6 Å². The molecule has 0 aliphatic heterocycles. The number of rotatable bonds is 8. The number of hydrogen-bond acceptors (Lipinski definition) is 7. The van der Waals surface area contributed by atoms with Gasteiger partial charge in [-0.15, -0.1) is 0 Å². The third-order valence-corrected chi connectivity index (χ3v) is 5.04. The zero-order chi connectivity index (χ0) is 22.0. The molecule has 0 amide bonds. The van der Waals surface area contributed by atoms with E-state index < -0.39 is 0 Å². The van der Waals surface area contributed by atoms with Crippen LogP contribution in [0.2, 0.25) is 5.28 Å². The Morgan fingerprint density at radius 1 is 1.26 bits per heavy atom. The minimum absolute atomic E-state index is 0.000164. The van der Waals surface area contributed by atoms with Gasteiger partial charge in [-0.25, -0.2) is 9.67 Å². The third-order valence-electron chi connectivity index (χ3n) is 4.87. The average Bonchev–Trinajstić information content (AvgIpc) is 3.32. The van der Waals surface area contributed by atoms with Crippen molar-refractivity contribution >= 4 is 39.6 Å². The molecule has 0 bridgehead atoms. The van der Waals surface area contributed by atoms with Gasteiger partial charge in [0.05, 0.1) is 24.6 Å². The first-order chi connectivity index (χ1) is 15.0. The molecule has 0 aliphatic rings. The number of carbonyl (C=O) groups excluding carboxylic acids is 1. The van der Waals surface area contributed by atoms with Gasteiger partial charge in [0, 0.05) is 11.9 Å². The van der Waals surface area contributed by atoms with Gasteiger partial charge < -0.3 is 14.2 Å². The molecule has 9 nitrogen and oxygen atoms in total.